The predicted molar refractivity (Wildman–Crippen MR) is 127 cm³/mol. The van der Waals surface area contributed by atoms with Crippen molar-refractivity contribution in [2.75, 3.05) is 13.1 Å². The second kappa shape index (κ2) is 8.53. The number of fused-ring (bicyclic) bond motifs is 1. The van der Waals surface area contributed by atoms with Crippen LogP contribution in [0.25, 0.3) is 22.6 Å². The number of hydrogen-bond donors (Lipinski definition) is 0. The van der Waals surface area contributed by atoms with E-state index in [0.717, 1.165) is 28.8 Å². The molecule has 1 aliphatic heterocycles. The summed E-state index contributed by atoms with van der Waals surface area (Å²) in [6, 6.07) is 18.6. The van der Waals surface area contributed by atoms with Crippen LogP contribution in [0.15, 0.2) is 71.8 Å². The summed E-state index contributed by atoms with van der Waals surface area (Å²) in [5.41, 5.74) is 3.82. The number of carbonyl (C=O) groups is 1. The molecule has 1 aliphatic rings. The van der Waals surface area contributed by atoms with Crippen molar-refractivity contribution in [1.29, 1.82) is 0 Å². The fourth-order valence-corrected chi connectivity index (χ4v) is 6.05. The molecule has 8 heteroatoms. The van der Waals surface area contributed by atoms with E-state index in [9.17, 15) is 13.2 Å². The van der Waals surface area contributed by atoms with Gasteiger partial charge in [0.05, 0.1) is 4.90 Å². The van der Waals surface area contributed by atoms with Crippen molar-refractivity contribution in [3.8, 4) is 11.4 Å². The Hall–Kier alpha value is -3.36. The first-order valence-corrected chi connectivity index (χ1v) is 12.4. The summed E-state index contributed by atoms with van der Waals surface area (Å²) in [7, 11) is -3.63. The quantitative estimate of drug-likeness (QED) is 0.416. The average molecular weight is 461 g/mol. The van der Waals surface area contributed by atoms with Crippen LogP contribution >= 0.6 is 0 Å². The van der Waals surface area contributed by atoms with Crippen LogP contribution in [0, 0.1) is 6.92 Å². The van der Waals surface area contributed by atoms with Gasteiger partial charge in [-0.15, -0.1) is 0 Å². The second-order valence-electron chi connectivity index (χ2n) is 8.29. The van der Waals surface area contributed by atoms with Gasteiger partial charge in [-0.25, -0.2) is 18.4 Å². The number of sulfonamides is 1. The minimum absolute atomic E-state index is 0.0886. The van der Waals surface area contributed by atoms with Crippen molar-refractivity contribution in [3.05, 3.63) is 78.0 Å². The summed E-state index contributed by atoms with van der Waals surface area (Å²) in [6.45, 7) is 2.56. The molecule has 0 radical (unpaired) electrons. The fourth-order valence-electron chi connectivity index (χ4n) is 4.50. The van der Waals surface area contributed by atoms with Crippen LogP contribution in [-0.4, -0.2) is 46.6 Å². The first kappa shape index (κ1) is 21.5. The third kappa shape index (κ3) is 3.85. The number of piperidine rings is 1. The maximum Gasteiger partial charge on any atom is 0.243 e. The van der Waals surface area contributed by atoms with E-state index in [0.29, 0.717) is 37.1 Å². The molecule has 5 rings (SSSR count). The molecule has 4 aromatic rings. The molecule has 0 spiro atoms. The first-order valence-electron chi connectivity index (χ1n) is 10.9. The molecule has 7 nitrogen and oxygen atoms in total. The SMILES string of the molecule is Cc1cc(S(=O)(=O)N2CCC(n3c(-c4ccccc4)nc4cccnc43)CC2)ccc1C=O. The molecule has 0 unspecified atom stereocenters. The van der Waals surface area contributed by atoms with Gasteiger partial charge in [-0.2, -0.15) is 4.31 Å². The van der Waals surface area contributed by atoms with Gasteiger partial charge < -0.3 is 4.57 Å². The second-order valence-corrected chi connectivity index (χ2v) is 10.2. The Morgan fingerprint density at radius 3 is 2.45 bits per heavy atom. The number of aromatic nitrogens is 3. The molecule has 168 valence electrons. The largest absolute Gasteiger partial charge is 0.305 e. The average Bonchev–Trinajstić information content (AvgIpc) is 3.24. The molecule has 33 heavy (non-hydrogen) atoms. The Bertz CT molecular complexity index is 1420. The van der Waals surface area contributed by atoms with Crippen LogP contribution in [0.1, 0.15) is 34.8 Å². The van der Waals surface area contributed by atoms with E-state index < -0.39 is 10.0 Å². The van der Waals surface area contributed by atoms with Gasteiger partial charge in [-0.1, -0.05) is 36.4 Å². The summed E-state index contributed by atoms with van der Waals surface area (Å²) in [5.74, 6) is 0.852. The van der Waals surface area contributed by atoms with E-state index >= 15 is 0 Å². The van der Waals surface area contributed by atoms with Gasteiger partial charge in [0.2, 0.25) is 10.0 Å². The zero-order chi connectivity index (χ0) is 23.0. The van der Waals surface area contributed by atoms with Crippen molar-refractivity contribution in [2.45, 2.75) is 30.7 Å². The van der Waals surface area contributed by atoms with E-state index in [4.69, 9.17) is 4.98 Å². The smallest absolute Gasteiger partial charge is 0.243 e. The normalized spacial score (nSPS) is 15.7. The van der Waals surface area contributed by atoms with Gasteiger partial charge >= 0.3 is 0 Å². The Labute approximate surface area is 192 Å². The standard InChI is InChI=1S/C25H24N4O3S/c1-18-16-22(10-9-20(18)17-30)33(31,32)28-14-11-21(12-15-28)29-24(19-6-3-2-4-7-19)27-23-8-5-13-26-25(23)29/h2-10,13,16-17,21H,11-12,14-15H2,1H3. The van der Waals surface area contributed by atoms with Crippen molar-refractivity contribution >= 4 is 27.5 Å². The Balaban J connectivity index is 1.44. The molecule has 0 N–H and O–H groups in total. The summed E-state index contributed by atoms with van der Waals surface area (Å²) in [5, 5.41) is 0. The van der Waals surface area contributed by atoms with Gasteiger partial charge in [-0.3, -0.25) is 4.79 Å². The van der Waals surface area contributed by atoms with Gasteiger partial charge in [0.25, 0.3) is 0 Å². The number of carbonyl (C=O) groups excluding carboxylic acids is 1. The van der Waals surface area contributed by atoms with E-state index in [-0.39, 0.29) is 10.9 Å². The van der Waals surface area contributed by atoms with Crippen molar-refractivity contribution in [1.82, 2.24) is 18.8 Å². The van der Waals surface area contributed by atoms with E-state index in [1.54, 1.807) is 25.3 Å². The van der Waals surface area contributed by atoms with Gasteiger partial charge in [0, 0.05) is 36.5 Å². The van der Waals surface area contributed by atoms with Crippen LogP contribution in [0.5, 0.6) is 0 Å². The fraction of sp³-hybridized carbons (Fsp3) is 0.240. The van der Waals surface area contributed by atoms with Gasteiger partial charge in [0.15, 0.2) is 5.65 Å². The summed E-state index contributed by atoms with van der Waals surface area (Å²) < 4.78 is 30.2. The topological polar surface area (TPSA) is 85.2 Å². The first-order chi connectivity index (χ1) is 16.0. The number of rotatable bonds is 5. The maximum atomic E-state index is 13.2. The Kier molecular flexibility index (Phi) is 5.55. The molecule has 0 bridgehead atoms. The summed E-state index contributed by atoms with van der Waals surface area (Å²) >= 11 is 0. The zero-order valence-corrected chi connectivity index (χ0v) is 19.1. The Morgan fingerprint density at radius 1 is 1.00 bits per heavy atom. The molecule has 0 amide bonds. The number of hydrogen-bond acceptors (Lipinski definition) is 5. The molecule has 2 aromatic carbocycles. The molecule has 1 saturated heterocycles. The van der Waals surface area contributed by atoms with E-state index in [1.807, 2.05) is 42.5 Å². The van der Waals surface area contributed by atoms with Crippen LogP contribution in [-0.2, 0) is 10.0 Å². The molecule has 3 heterocycles. The number of nitrogens with zero attached hydrogens (tertiary/aromatic N) is 4. The molecule has 0 saturated carbocycles. The monoisotopic (exact) mass is 460 g/mol. The van der Waals surface area contributed by atoms with Crippen LogP contribution in [0.3, 0.4) is 0 Å². The van der Waals surface area contributed by atoms with E-state index in [1.165, 1.54) is 10.4 Å². The number of benzene rings is 2. The summed E-state index contributed by atoms with van der Waals surface area (Å²) in [4.78, 5) is 20.7. The lowest BCUT2D eigenvalue weighted by Gasteiger charge is -2.32. The van der Waals surface area contributed by atoms with Crippen molar-refractivity contribution in [2.24, 2.45) is 0 Å². The van der Waals surface area contributed by atoms with Crippen LogP contribution in [0.2, 0.25) is 0 Å². The number of aryl methyl sites for hydroxylation is 1. The molecule has 0 atom stereocenters. The highest BCUT2D eigenvalue weighted by Gasteiger charge is 2.32. The number of imidazole rings is 1. The molecular weight excluding hydrogens is 436 g/mol. The van der Waals surface area contributed by atoms with Crippen LogP contribution < -0.4 is 0 Å². The molecule has 1 fully saturated rings. The molecular formula is C25H24N4O3S. The number of aldehydes is 1. The third-order valence-corrected chi connectivity index (χ3v) is 8.17. The summed E-state index contributed by atoms with van der Waals surface area (Å²) in [6.07, 6.45) is 3.82. The minimum Gasteiger partial charge on any atom is -0.305 e. The molecule has 2 aromatic heterocycles. The lowest BCUT2D eigenvalue weighted by Crippen LogP contribution is -2.39. The van der Waals surface area contributed by atoms with Gasteiger partial charge in [0.1, 0.15) is 17.6 Å². The van der Waals surface area contributed by atoms with Crippen LogP contribution in [0.4, 0.5) is 0 Å². The maximum absolute atomic E-state index is 13.2. The lowest BCUT2D eigenvalue weighted by atomic mass is 10.1. The highest BCUT2D eigenvalue weighted by molar-refractivity contribution is 7.89. The Morgan fingerprint density at radius 2 is 1.76 bits per heavy atom. The van der Waals surface area contributed by atoms with E-state index in [2.05, 4.69) is 9.55 Å². The lowest BCUT2D eigenvalue weighted by molar-refractivity contribution is 0.112. The predicted octanol–water partition coefficient (Wildman–Crippen LogP) is 4.25. The van der Waals surface area contributed by atoms with Gasteiger partial charge in [-0.05, 0) is 49.6 Å². The molecule has 0 aliphatic carbocycles. The van der Waals surface area contributed by atoms with Crippen molar-refractivity contribution < 1.29 is 13.2 Å². The number of pyridine rings is 1. The van der Waals surface area contributed by atoms with Crippen molar-refractivity contribution in [3.63, 3.8) is 0 Å². The third-order valence-electron chi connectivity index (χ3n) is 6.28. The minimum atomic E-state index is -3.63. The zero-order valence-electron chi connectivity index (χ0n) is 18.3. The highest BCUT2D eigenvalue weighted by atomic mass is 32.2. The highest BCUT2D eigenvalue weighted by Crippen LogP contribution is 2.34.